The summed E-state index contributed by atoms with van der Waals surface area (Å²) in [7, 11) is 0. The molecule has 1 N–H and O–H groups in total. The van der Waals surface area contributed by atoms with E-state index < -0.39 is 0 Å². The van der Waals surface area contributed by atoms with Crippen LogP contribution in [0, 0.1) is 5.92 Å². The molecular formula is C22H29ClN4O3. The van der Waals surface area contributed by atoms with Gasteiger partial charge in [-0.2, -0.15) is 0 Å². The summed E-state index contributed by atoms with van der Waals surface area (Å²) in [5, 5.41) is 3.51. The van der Waals surface area contributed by atoms with Crippen LogP contribution >= 0.6 is 11.6 Å². The summed E-state index contributed by atoms with van der Waals surface area (Å²) in [5.41, 5.74) is 0.710. The fourth-order valence-electron chi connectivity index (χ4n) is 4.78. The number of anilines is 1. The molecule has 3 aliphatic heterocycles. The van der Waals surface area contributed by atoms with Crippen molar-refractivity contribution in [2.75, 3.05) is 38.0 Å². The van der Waals surface area contributed by atoms with Crippen LogP contribution in [0.4, 0.5) is 10.5 Å². The van der Waals surface area contributed by atoms with Crippen LogP contribution in [-0.2, 0) is 9.59 Å². The van der Waals surface area contributed by atoms with Crippen molar-refractivity contribution in [1.82, 2.24) is 14.7 Å². The van der Waals surface area contributed by atoms with E-state index in [-0.39, 0.29) is 23.8 Å². The van der Waals surface area contributed by atoms with E-state index in [1.54, 1.807) is 29.2 Å². The molecule has 3 fully saturated rings. The lowest BCUT2D eigenvalue weighted by molar-refractivity contribution is -0.139. The maximum atomic E-state index is 13.0. The van der Waals surface area contributed by atoms with E-state index >= 15 is 0 Å². The number of carbonyl (C=O) groups is 3. The number of halogens is 1. The number of piperidine rings is 2. The zero-order valence-corrected chi connectivity index (χ0v) is 17.9. The summed E-state index contributed by atoms with van der Waals surface area (Å²) in [6.07, 6.45) is 4.76. The van der Waals surface area contributed by atoms with Crippen molar-refractivity contribution in [3.05, 3.63) is 29.3 Å². The Morgan fingerprint density at radius 3 is 2.13 bits per heavy atom. The predicted molar refractivity (Wildman–Crippen MR) is 115 cm³/mol. The predicted octanol–water partition coefficient (Wildman–Crippen LogP) is 3.20. The Balaban J connectivity index is 1.22. The highest BCUT2D eigenvalue weighted by Crippen LogP contribution is 2.26. The third-order valence-corrected chi connectivity index (χ3v) is 6.81. The van der Waals surface area contributed by atoms with Crippen LogP contribution in [0.15, 0.2) is 24.3 Å². The molecule has 0 atom stereocenters. The Bertz CT molecular complexity index is 784. The number of benzene rings is 1. The molecular weight excluding hydrogens is 404 g/mol. The molecule has 0 aromatic heterocycles. The van der Waals surface area contributed by atoms with E-state index in [2.05, 4.69) is 5.32 Å². The Hall–Kier alpha value is -2.28. The number of amides is 4. The highest BCUT2D eigenvalue weighted by Gasteiger charge is 2.35. The van der Waals surface area contributed by atoms with Crippen LogP contribution in [0.25, 0.3) is 0 Å². The number of hydrogen-bond donors (Lipinski definition) is 1. The number of urea groups is 1. The summed E-state index contributed by atoms with van der Waals surface area (Å²) < 4.78 is 0. The fraction of sp³-hybridized carbons (Fsp3) is 0.591. The van der Waals surface area contributed by atoms with Crippen LogP contribution in [-0.4, -0.2) is 71.3 Å². The van der Waals surface area contributed by atoms with Gasteiger partial charge in [-0.05, 0) is 56.4 Å². The zero-order valence-electron chi connectivity index (χ0n) is 17.2. The smallest absolute Gasteiger partial charge is 0.321 e. The molecule has 0 unspecified atom stereocenters. The number of hydrogen-bond acceptors (Lipinski definition) is 3. The molecule has 3 aliphatic rings. The molecule has 0 spiro atoms. The van der Waals surface area contributed by atoms with Crippen LogP contribution in [0.3, 0.4) is 0 Å². The van der Waals surface area contributed by atoms with Crippen LogP contribution < -0.4 is 5.32 Å². The second-order valence-corrected chi connectivity index (χ2v) is 8.88. The molecule has 3 heterocycles. The SMILES string of the molecule is O=C(Nc1ccc(Cl)cc1)N1CCC(C(=O)N2CCC(N3CCCC3=O)CC2)CC1. The van der Waals surface area contributed by atoms with Crippen LogP contribution in [0.1, 0.15) is 38.5 Å². The van der Waals surface area contributed by atoms with Gasteiger partial charge < -0.3 is 20.0 Å². The highest BCUT2D eigenvalue weighted by atomic mass is 35.5. The lowest BCUT2D eigenvalue weighted by atomic mass is 9.93. The van der Waals surface area contributed by atoms with Crippen molar-refractivity contribution in [3.8, 4) is 0 Å². The number of carbonyl (C=O) groups excluding carboxylic acids is 3. The lowest BCUT2D eigenvalue weighted by Crippen LogP contribution is -2.50. The van der Waals surface area contributed by atoms with Gasteiger partial charge >= 0.3 is 6.03 Å². The molecule has 0 saturated carbocycles. The van der Waals surface area contributed by atoms with Gasteiger partial charge in [0.25, 0.3) is 0 Å². The Morgan fingerprint density at radius 2 is 1.53 bits per heavy atom. The largest absolute Gasteiger partial charge is 0.342 e. The van der Waals surface area contributed by atoms with Crippen molar-refractivity contribution in [1.29, 1.82) is 0 Å². The van der Waals surface area contributed by atoms with E-state index in [1.807, 2.05) is 9.80 Å². The number of rotatable bonds is 3. The minimum absolute atomic E-state index is 0.0189. The Labute approximate surface area is 182 Å². The number of nitrogens with zero attached hydrogens (tertiary/aromatic N) is 3. The van der Waals surface area contributed by atoms with Crippen LogP contribution in [0.2, 0.25) is 5.02 Å². The summed E-state index contributed by atoms with van der Waals surface area (Å²) in [5.74, 6) is 0.456. The third kappa shape index (κ3) is 4.72. The molecule has 7 nitrogen and oxygen atoms in total. The maximum absolute atomic E-state index is 13.0. The average Bonchev–Trinajstić information content (AvgIpc) is 3.21. The number of nitrogens with one attached hydrogen (secondary N) is 1. The van der Waals surface area contributed by atoms with Gasteiger partial charge in [0.15, 0.2) is 0 Å². The molecule has 30 heavy (non-hydrogen) atoms. The van der Waals surface area contributed by atoms with Crippen LogP contribution in [0.5, 0.6) is 0 Å². The molecule has 0 bridgehead atoms. The molecule has 0 aliphatic carbocycles. The second kappa shape index (κ2) is 9.25. The summed E-state index contributed by atoms with van der Waals surface area (Å²) in [6, 6.07) is 7.18. The topological polar surface area (TPSA) is 73.0 Å². The maximum Gasteiger partial charge on any atom is 0.321 e. The van der Waals surface area contributed by atoms with Crippen molar-refractivity contribution < 1.29 is 14.4 Å². The summed E-state index contributed by atoms with van der Waals surface area (Å²) in [4.78, 5) is 43.1. The minimum Gasteiger partial charge on any atom is -0.342 e. The molecule has 4 rings (SSSR count). The number of likely N-dealkylation sites (tertiary alicyclic amines) is 3. The quantitative estimate of drug-likeness (QED) is 0.797. The first-order valence-electron chi connectivity index (χ1n) is 10.9. The minimum atomic E-state index is -0.140. The third-order valence-electron chi connectivity index (χ3n) is 6.55. The van der Waals surface area contributed by atoms with Gasteiger partial charge in [-0.25, -0.2) is 4.79 Å². The van der Waals surface area contributed by atoms with Crippen molar-refractivity contribution in [3.63, 3.8) is 0 Å². The molecule has 8 heteroatoms. The van der Waals surface area contributed by atoms with Gasteiger partial charge in [0.05, 0.1) is 0 Å². The monoisotopic (exact) mass is 432 g/mol. The van der Waals surface area contributed by atoms with E-state index in [1.165, 1.54) is 0 Å². The normalized spacial score (nSPS) is 21.2. The second-order valence-electron chi connectivity index (χ2n) is 8.45. The zero-order chi connectivity index (χ0) is 21.1. The molecule has 0 radical (unpaired) electrons. The van der Waals surface area contributed by atoms with Gasteiger partial charge in [0.1, 0.15) is 0 Å². The average molecular weight is 433 g/mol. The van der Waals surface area contributed by atoms with Crippen molar-refractivity contribution in [2.24, 2.45) is 5.92 Å². The molecule has 1 aromatic rings. The van der Waals surface area contributed by atoms with E-state index in [0.717, 1.165) is 38.9 Å². The highest BCUT2D eigenvalue weighted by molar-refractivity contribution is 6.30. The van der Waals surface area contributed by atoms with Gasteiger partial charge in [0.2, 0.25) is 11.8 Å². The first-order valence-corrected chi connectivity index (χ1v) is 11.3. The summed E-state index contributed by atoms with van der Waals surface area (Å²) in [6.45, 7) is 3.48. The molecule has 4 amide bonds. The first kappa shape index (κ1) is 21.0. The van der Waals surface area contributed by atoms with E-state index in [9.17, 15) is 14.4 Å². The molecule has 3 saturated heterocycles. The fourth-order valence-corrected chi connectivity index (χ4v) is 4.90. The lowest BCUT2D eigenvalue weighted by Gasteiger charge is -2.39. The summed E-state index contributed by atoms with van der Waals surface area (Å²) >= 11 is 5.88. The molecule has 162 valence electrons. The van der Waals surface area contributed by atoms with E-state index in [0.29, 0.717) is 49.1 Å². The van der Waals surface area contributed by atoms with Gasteiger partial charge in [0, 0.05) is 61.8 Å². The van der Waals surface area contributed by atoms with Gasteiger partial charge in [-0.3, -0.25) is 9.59 Å². The van der Waals surface area contributed by atoms with Gasteiger partial charge in [-0.1, -0.05) is 11.6 Å². The van der Waals surface area contributed by atoms with Crippen molar-refractivity contribution in [2.45, 2.75) is 44.6 Å². The standard InChI is InChI=1S/C22H29ClN4O3/c23-17-3-5-18(6-4-17)24-22(30)26-12-7-16(8-13-26)21(29)25-14-9-19(10-15-25)27-11-1-2-20(27)28/h3-6,16,19H,1-2,7-15H2,(H,24,30). The molecule has 1 aromatic carbocycles. The Kier molecular flexibility index (Phi) is 6.46. The Morgan fingerprint density at radius 1 is 0.900 bits per heavy atom. The van der Waals surface area contributed by atoms with Gasteiger partial charge in [-0.15, -0.1) is 0 Å². The van der Waals surface area contributed by atoms with E-state index in [4.69, 9.17) is 11.6 Å². The first-order chi connectivity index (χ1) is 14.5. The van der Waals surface area contributed by atoms with Crippen molar-refractivity contribution >= 4 is 35.1 Å².